The molecule has 4 aromatic carbocycles. The molecule has 27 heavy (non-hydrogen) atoms. The van der Waals surface area contributed by atoms with E-state index in [1.165, 1.54) is 44.5 Å². The Labute approximate surface area is 161 Å². The summed E-state index contributed by atoms with van der Waals surface area (Å²) in [5, 5.41) is 0. The molecule has 0 fully saturated rings. The van der Waals surface area contributed by atoms with E-state index in [0.29, 0.717) is 0 Å². The number of fused-ring (bicyclic) bond motifs is 3. The largest absolute Gasteiger partial charge is 0.0622 e. The molecule has 1 aliphatic carbocycles. The summed E-state index contributed by atoms with van der Waals surface area (Å²) >= 11 is 0. The highest BCUT2D eigenvalue weighted by Crippen LogP contribution is 2.51. The summed E-state index contributed by atoms with van der Waals surface area (Å²) in [7, 11) is 0. The summed E-state index contributed by atoms with van der Waals surface area (Å²) in [6.45, 7) is 4.67. The van der Waals surface area contributed by atoms with Crippen LogP contribution in [-0.4, -0.2) is 0 Å². The third-order valence-electron chi connectivity index (χ3n) is 5.89. The van der Waals surface area contributed by atoms with Gasteiger partial charge in [-0.2, -0.15) is 0 Å². The Bertz CT molecular complexity index is 1130. The molecule has 0 N–H and O–H groups in total. The van der Waals surface area contributed by atoms with Crippen molar-refractivity contribution in [3.05, 3.63) is 108 Å². The van der Waals surface area contributed by atoms with Crippen LogP contribution in [0.4, 0.5) is 0 Å². The van der Waals surface area contributed by atoms with Crippen molar-refractivity contribution >= 4 is 0 Å². The monoisotopic (exact) mass is 346 g/mol. The van der Waals surface area contributed by atoms with Crippen LogP contribution in [0.15, 0.2) is 97.1 Å². The average molecular weight is 346 g/mol. The quantitative estimate of drug-likeness (QED) is 0.356. The Balaban J connectivity index is 1.74. The Morgan fingerprint density at radius 2 is 1.07 bits per heavy atom. The maximum absolute atomic E-state index is 2.34. The third-order valence-corrected chi connectivity index (χ3v) is 5.89. The molecule has 0 aromatic heterocycles. The van der Waals surface area contributed by atoms with Gasteiger partial charge in [-0.3, -0.25) is 0 Å². The molecule has 0 spiro atoms. The molecule has 0 amide bonds. The highest BCUT2D eigenvalue weighted by molar-refractivity contribution is 5.93. The van der Waals surface area contributed by atoms with Crippen molar-refractivity contribution in [2.24, 2.45) is 0 Å². The molecule has 0 radical (unpaired) electrons. The van der Waals surface area contributed by atoms with Gasteiger partial charge in [-0.1, -0.05) is 105 Å². The van der Waals surface area contributed by atoms with Gasteiger partial charge in [0.15, 0.2) is 0 Å². The van der Waals surface area contributed by atoms with Gasteiger partial charge in [0.1, 0.15) is 0 Å². The fourth-order valence-corrected chi connectivity index (χ4v) is 4.49. The molecule has 5 rings (SSSR count). The van der Waals surface area contributed by atoms with Crippen molar-refractivity contribution < 1.29 is 0 Å². The lowest BCUT2D eigenvalue weighted by Gasteiger charge is -2.21. The van der Waals surface area contributed by atoms with E-state index in [9.17, 15) is 0 Å². The Morgan fingerprint density at radius 3 is 1.93 bits per heavy atom. The summed E-state index contributed by atoms with van der Waals surface area (Å²) in [5.41, 5.74) is 10.8. The number of rotatable bonds is 2. The summed E-state index contributed by atoms with van der Waals surface area (Å²) < 4.78 is 0. The predicted octanol–water partition coefficient (Wildman–Crippen LogP) is 7.33. The summed E-state index contributed by atoms with van der Waals surface area (Å²) in [6.07, 6.45) is 0. The maximum atomic E-state index is 2.34. The molecule has 0 saturated carbocycles. The fourth-order valence-electron chi connectivity index (χ4n) is 4.49. The zero-order valence-corrected chi connectivity index (χ0v) is 15.7. The highest BCUT2D eigenvalue weighted by Gasteiger charge is 2.36. The number of hydrogen-bond donors (Lipinski definition) is 0. The number of benzene rings is 4. The zero-order valence-electron chi connectivity index (χ0n) is 15.7. The standard InChI is InChI=1S/C27H22/c1-27(2)24-16-7-6-14-23(24)26-22(15-9-17-25(26)27)21-13-8-12-20(18-21)19-10-4-3-5-11-19/h3-18H,1-2H3. The van der Waals surface area contributed by atoms with Crippen LogP contribution in [0.5, 0.6) is 0 Å². The molecule has 4 aromatic rings. The molecule has 0 bridgehead atoms. The molecule has 0 atom stereocenters. The maximum Gasteiger partial charge on any atom is 0.0159 e. The lowest BCUT2D eigenvalue weighted by atomic mass is 9.82. The Kier molecular flexibility index (Phi) is 3.55. The molecular weight excluding hydrogens is 324 g/mol. The molecule has 130 valence electrons. The first-order chi connectivity index (χ1) is 13.2. The van der Waals surface area contributed by atoms with Crippen molar-refractivity contribution in [3.8, 4) is 33.4 Å². The second kappa shape index (κ2) is 5.96. The first-order valence-electron chi connectivity index (χ1n) is 9.55. The molecule has 0 aliphatic heterocycles. The van der Waals surface area contributed by atoms with Crippen LogP contribution in [0.1, 0.15) is 25.0 Å². The Morgan fingerprint density at radius 1 is 0.481 bits per heavy atom. The van der Waals surface area contributed by atoms with E-state index in [1.54, 1.807) is 0 Å². The van der Waals surface area contributed by atoms with E-state index in [-0.39, 0.29) is 5.41 Å². The summed E-state index contributed by atoms with van der Waals surface area (Å²) in [5.74, 6) is 0. The summed E-state index contributed by atoms with van der Waals surface area (Å²) in [4.78, 5) is 0. The molecular formula is C27H22. The van der Waals surface area contributed by atoms with Crippen molar-refractivity contribution in [1.29, 1.82) is 0 Å². The molecule has 0 heteroatoms. The van der Waals surface area contributed by atoms with Gasteiger partial charge < -0.3 is 0 Å². The summed E-state index contributed by atoms with van der Waals surface area (Å²) in [6, 6.07) is 35.1. The van der Waals surface area contributed by atoms with Crippen LogP contribution < -0.4 is 0 Å². The van der Waals surface area contributed by atoms with E-state index in [0.717, 1.165) is 0 Å². The minimum atomic E-state index is 0.0407. The molecule has 0 saturated heterocycles. The first kappa shape index (κ1) is 16.1. The van der Waals surface area contributed by atoms with Crippen LogP contribution in [0.3, 0.4) is 0 Å². The van der Waals surface area contributed by atoms with Gasteiger partial charge in [0.05, 0.1) is 0 Å². The van der Waals surface area contributed by atoms with Gasteiger partial charge in [-0.05, 0) is 50.6 Å². The van der Waals surface area contributed by atoms with Gasteiger partial charge in [-0.15, -0.1) is 0 Å². The molecule has 0 unspecified atom stereocenters. The topological polar surface area (TPSA) is 0 Å². The van der Waals surface area contributed by atoms with Crippen molar-refractivity contribution in [3.63, 3.8) is 0 Å². The third kappa shape index (κ3) is 2.44. The molecule has 0 nitrogen and oxygen atoms in total. The van der Waals surface area contributed by atoms with Crippen molar-refractivity contribution in [2.45, 2.75) is 19.3 Å². The van der Waals surface area contributed by atoms with Gasteiger partial charge in [0, 0.05) is 5.41 Å². The van der Waals surface area contributed by atoms with Gasteiger partial charge >= 0.3 is 0 Å². The number of hydrogen-bond acceptors (Lipinski definition) is 0. The second-order valence-corrected chi connectivity index (χ2v) is 7.85. The van der Waals surface area contributed by atoms with Crippen LogP contribution in [0.2, 0.25) is 0 Å². The minimum absolute atomic E-state index is 0.0407. The van der Waals surface area contributed by atoms with E-state index in [1.807, 2.05) is 0 Å². The van der Waals surface area contributed by atoms with Gasteiger partial charge in [0.2, 0.25) is 0 Å². The van der Waals surface area contributed by atoms with E-state index in [2.05, 4.69) is 111 Å². The fraction of sp³-hybridized carbons (Fsp3) is 0.111. The van der Waals surface area contributed by atoms with Crippen LogP contribution >= 0.6 is 0 Å². The van der Waals surface area contributed by atoms with E-state index >= 15 is 0 Å². The minimum Gasteiger partial charge on any atom is -0.0622 e. The van der Waals surface area contributed by atoms with Crippen molar-refractivity contribution in [2.75, 3.05) is 0 Å². The highest BCUT2D eigenvalue weighted by atomic mass is 14.4. The van der Waals surface area contributed by atoms with Crippen LogP contribution in [0.25, 0.3) is 33.4 Å². The average Bonchev–Trinajstić information content (AvgIpc) is 2.97. The zero-order chi connectivity index (χ0) is 18.4. The second-order valence-electron chi connectivity index (χ2n) is 7.85. The van der Waals surface area contributed by atoms with Gasteiger partial charge in [0.25, 0.3) is 0 Å². The Hall–Kier alpha value is -3.12. The van der Waals surface area contributed by atoms with E-state index < -0.39 is 0 Å². The van der Waals surface area contributed by atoms with E-state index in [4.69, 9.17) is 0 Å². The van der Waals surface area contributed by atoms with Gasteiger partial charge in [-0.25, -0.2) is 0 Å². The predicted molar refractivity (Wildman–Crippen MR) is 115 cm³/mol. The normalized spacial score (nSPS) is 13.9. The van der Waals surface area contributed by atoms with Crippen LogP contribution in [0, 0.1) is 0 Å². The lowest BCUT2D eigenvalue weighted by Crippen LogP contribution is -2.14. The van der Waals surface area contributed by atoms with Crippen LogP contribution in [-0.2, 0) is 5.41 Å². The molecule has 1 aliphatic rings. The SMILES string of the molecule is CC1(C)c2ccccc2-c2c(-c3cccc(-c4ccccc4)c3)cccc21. The lowest BCUT2D eigenvalue weighted by molar-refractivity contribution is 0.660. The first-order valence-corrected chi connectivity index (χ1v) is 9.55. The van der Waals surface area contributed by atoms with Crippen molar-refractivity contribution in [1.82, 2.24) is 0 Å². The molecule has 0 heterocycles. The smallest absolute Gasteiger partial charge is 0.0159 e.